The molecule has 3 heteroatoms. The summed E-state index contributed by atoms with van der Waals surface area (Å²) in [5.41, 5.74) is 1.20. The van der Waals surface area contributed by atoms with E-state index in [1.165, 1.54) is 5.56 Å². The summed E-state index contributed by atoms with van der Waals surface area (Å²) in [6.45, 7) is 8.20. The fourth-order valence-electron chi connectivity index (χ4n) is 1.76. The summed E-state index contributed by atoms with van der Waals surface area (Å²) in [6, 6.07) is 9.99. The molecule has 0 aromatic heterocycles. The van der Waals surface area contributed by atoms with Gasteiger partial charge in [0.05, 0.1) is 6.04 Å². The van der Waals surface area contributed by atoms with E-state index >= 15 is 0 Å². The lowest BCUT2D eigenvalue weighted by Gasteiger charge is -2.23. The Morgan fingerprint density at radius 2 is 1.82 bits per heavy atom. The number of likely N-dealkylation sites (N-methyl/N-ethyl adjacent to an activating group) is 1. The molecule has 0 saturated carbocycles. The number of nitrogens with one attached hydrogen (secondary N) is 1. The zero-order valence-electron chi connectivity index (χ0n) is 10.9. The van der Waals surface area contributed by atoms with Crippen LogP contribution in [0.5, 0.6) is 0 Å². The Kier molecular flexibility index (Phi) is 5.70. The molecule has 0 aliphatic carbocycles. The summed E-state index contributed by atoms with van der Waals surface area (Å²) in [6.07, 6.45) is 0. The molecule has 0 spiro atoms. The minimum atomic E-state index is -0.130. The van der Waals surface area contributed by atoms with E-state index in [0.717, 1.165) is 19.6 Å². The minimum absolute atomic E-state index is 0.130. The molecule has 1 N–H and O–H groups in total. The van der Waals surface area contributed by atoms with Crippen LogP contribution in [-0.2, 0) is 11.3 Å². The quantitative estimate of drug-likeness (QED) is 0.817. The zero-order valence-corrected chi connectivity index (χ0v) is 10.9. The fraction of sp³-hybridized carbons (Fsp3) is 0.500. The van der Waals surface area contributed by atoms with Crippen molar-refractivity contribution in [1.82, 2.24) is 10.2 Å². The van der Waals surface area contributed by atoms with Gasteiger partial charge in [-0.3, -0.25) is 4.79 Å². The standard InChI is InChI=1S/C14H22N2O/c1-4-16(5-2)14(17)12(3)15-11-13-9-7-6-8-10-13/h6-10,12,15H,4-5,11H2,1-3H3. The number of carbonyl (C=O) groups excluding carboxylic acids is 1. The lowest BCUT2D eigenvalue weighted by Crippen LogP contribution is -2.44. The van der Waals surface area contributed by atoms with E-state index in [4.69, 9.17) is 0 Å². The first-order valence-electron chi connectivity index (χ1n) is 6.25. The van der Waals surface area contributed by atoms with Gasteiger partial charge < -0.3 is 10.2 Å². The van der Waals surface area contributed by atoms with Crippen molar-refractivity contribution in [2.24, 2.45) is 0 Å². The van der Waals surface area contributed by atoms with E-state index < -0.39 is 0 Å². The van der Waals surface area contributed by atoms with Crippen LogP contribution in [0.2, 0.25) is 0 Å². The number of hydrogen-bond donors (Lipinski definition) is 1. The number of hydrogen-bond acceptors (Lipinski definition) is 2. The van der Waals surface area contributed by atoms with E-state index in [9.17, 15) is 4.79 Å². The van der Waals surface area contributed by atoms with Gasteiger partial charge in [0, 0.05) is 19.6 Å². The first kappa shape index (κ1) is 13.7. The molecule has 0 aliphatic heterocycles. The molecule has 1 aromatic rings. The van der Waals surface area contributed by atoms with Crippen LogP contribution in [0.4, 0.5) is 0 Å². The first-order valence-corrected chi connectivity index (χ1v) is 6.25. The average molecular weight is 234 g/mol. The summed E-state index contributed by atoms with van der Waals surface area (Å²) >= 11 is 0. The Hall–Kier alpha value is -1.35. The first-order chi connectivity index (χ1) is 8.19. The highest BCUT2D eigenvalue weighted by Gasteiger charge is 2.16. The molecular formula is C14H22N2O. The summed E-state index contributed by atoms with van der Waals surface area (Å²) in [5.74, 6) is 0.172. The van der Waals surface area contributed by atoms with Crippen LogP contribution in [0.15, 0.2) is 30.3 Å². The number of amides is 1. The van der Waals surface area contributed by atoms with Gasteiger partial charge >= 0.3 is 0 Å². The second-order valence-electron chi connectivity index (χ2n) is 4.10. The van der Waals surface area contributed by atoms with Crippen molar-refractivity contribution in [2.75, 3.05) is 13.1 Å². The molecule has 94 valence electrons. The highest BCUT2D eigenvalue weighted by atomic mass is 16.2. The third-order valence-electron chi connectivity index (χ3n) is 2.90. The van der Waals surface area contributed by atoms with Crippen molar-refractivity contribution >= 4 is 5.91 Å². The largest absolute Gasteiger partial charge is 0.342 e. The van der Waals surface area contributed by atoms with Gasteiger partial charge in [-0.15, -0.1) is 0 Å². The maximum Gasteiger partial charge on any atom is 0.239 e. The van der Waals surface area contributed by atoms with Gasteiger partial charge in [0.2, 0.25) is 5.91 Å². The maximum absolute atomic E-state index is 12.0. The lowest BCUT2D eigenvalue weighted by molar-refractivity contribution is -0.132. The van der Waals surface area contributed by atoms with Gasteiger partial charge in [0.15, 0.2) is 0 Å². The molecule has 0 heterocycles. The minimum Gasteiger partial charge on any atom is -0.342 e. The molecule has 0 fully saturated rings. The molecular weight excluding hydrogens is 212 g/mol. The Balaban J connectivity index is 2.44. The SMILES string of the molecule is CCN(CC)C(=O)C(C)NCc1ccccc1. The van der Waals surface area contributed by atoms with E-state index in [1.54, 1.807) is 0 Å². The third-order valence-corrected chi connectivity index (χ3v) is 2.90. The van der Waals surface area contributed by atoms with Gasteiger partial charge in [0.1, 0.15) is 0 Å². The van der Waals surface area contributed by atoms with Crippen LogP contribution in [-0.4, -0.2) is 29.9 Å². The van der Waals surface area contributed by atoms with Crippen LogP contribution >= 0.6 is 0 Å². The molecule has 1 unspecified atom stereocenters. The van der Waals surface area contributed by atoms with Gasteiger partial charge in [-0.25, -0.2) is 0 Å². The Morgan fingerprint density at radius 3 is 2.35 bits per heavy atom. The van der Waals surface area contributed by atoms with Gasteiger partial charge in [-0.2, -0.15) is 0 Å². The second kappa shape index (κ2) is 7.07. The van der Waals surface area contributed by atoms with Crippen molar-refractivity contribution < 1.29 is 4.79 Å². The predicted octanol–water partition coefficient (Wildman–Crippen LogP) is 2.03. The number of nitrogens with zero attached hydrogens (tertiary/aromatic N) is 1. The average Bonchev–Trinajstić information content (AvgIpc) is 2.38. The summed E-state index contributed by atoms with van der Waals surface area (Å²) in [7, 11) is 0. The third kappa shape index (κ3) is 4.19. The maximum atomic E-state index is 12.0. The molecule has 3 nitrogen and oxygen atoms in total. The van der Waals surface area contributed by atoms with Gasteiger partial charge in [-0.05, 0) is 26.3 Å². The van der Waals surface area contributed by atoms with Crippen molar-refractivity contribution in [3.8, 4) is 0 Å². The van der Waals surface area contributed by atoms with Gasteiger partial charge in [0.25, 0.3) is 0 Å². The van der Waals surface area contributed by atoms with Crippen molar-refractivity contribution in [3.05, 3.63) is 35.9 Å². The molecule has 17 heavy (non-hydrogen) atoms. The van der Waals surface area contributed by atoms with Crippen LogP contribution < -0.4 is 5.32 Å². The number of rotatable bonds is 6. The Labute approximate surface area is 104 Å². The molecule has 1 aromatic carbocycles. The van der Waals surface area contributed by atoms with Crippen LogP contribution in [0.25, 0.3) is 0 Å². The summed E-state index contributed by atoms with van der Waals surface area (Å²) in [5, 5.41) is 3.26. The molecule has 0 aliphatic rings. The van der Waals surface area contributed by atoms with Crippen LogP contribution in [0.3, 0.4) is 0 Å². The Bertz CT molecular complexity index is 333. The highest BCUT2D eigenvalue weighted by molar-refractivity contribution is 5.81. The van der Waals surface area contributed by atoms with E-state index in [1.807, 2.05) is 43.9 Å². The number of benzene rings is 1. The number of carbonyl (C=O) groups is 1. The monoisotopic (exact) mass is 234 g/mol. The van der Waals surface area contributed by atoms with E-state index in [-0.39, 0.29) is 11.9 Å². The topological polar surface area (TPSA) is 32.3 Å². The Morgan fingerprint density at radius 1 is 1.24 bits per heavy atom. The zero-order chi connectivity index (χ0) is 12.7. The predicted molar refractivity (Wildman–Crippen MR) is 70.7 cm³/mol. The lowest BCUT2D eigenvalue weighted by atomic mass is 10.2. The summed E-state index contributed by atoms with van der Waals surface area (Å²) < 4.78 is 0. The van der Waals surface area contributed by atoms with Crippen LogP contribution in [0.1, 0.15) is 26.3 Å². The molecule has 0 saturated heterocycles. The summed E-state index contributed by atoms with van der Waals surface area (Å²) in [4.78, 5) is 13.8. The second-order valence-corrected chi connectivity index (χ2v) is 4.10. The fourth-order valence-corrected chi connectivity index (χ4v) is 1.76. The normalized spacial score (nSPS) is 12.2. The highest BCUT2D eigenvalue weighted by Crippen LogP contribution is 2.00. The van der Waals surface area contributed by atoms with Crippen molar-refractivity contribution in [3.63, 3.8) is 0 Å². The van der Waals surface area contributed by atoms with Crippen LogP contribution in [0, 0.1) is 0 Å². The van der Waals surface area contributed by atoms with E-state index in [0.29, 0.717) is 0 Å². The van der Waals surface area contributed by atoms with Crippen molar-refractivity contribution in [2.45, 2.75) is 33.4 Å². The van der Waals surface area contributed by atoms with Crippen molar-refractivity contribution in [1.29, 1.82) is 0 Å². The van der Waals surface area contributed by atoms with E-state index in [2.05, 4.69) is 17.4 Å². The molecule has 0 bridgehead atoms. The van der Waals surface area contributed by atoms with Gasteiger partial charge in [-0.1, -0.05) is 30.3 Å². The molecule has 1 atom stereocenters. The molecule has 1 amide bonds. The smallest absolute Gasteiger partial charge is 0.239 e. The molecule has 1 rings (SSSR count). The molecule has 0 radical (unpaired) electrons.